The monoisotopic (exact) mass is 396 g/mol. The van der Waals surface area contributed by atoms with Crippen LogP contribution in [-0.2, 0) is 6.54 Å². The van der Waals surface area contributed by atoms with Crippen molar-refractivity contribution in [2.24, 2.45) is 0 Å². The molecule has 0 spiro atoms. The molecule has 152 valence electrons. The summed E-state index contributed by atoms with van der Waals surface area (Å²) in [5.41, 5.74) is 0.810. The molecule has 4 rings (SSSR count). The minimum Gasteiger partial charge on any atom is -0.454 e. The third-order valence-electron chi connectivity index (χ3n) is 5.11. The van der Waals surface area contributed by atoms with E-state index in [0.29, 0.717) is 18.8 Å². The maximum absolute atomic E-state index is 12.7. The predicted molar refractivity (Wildman–Crippen MR) is 105 cm³/mol. The maximum atomic E-state index is 12.7. The summed E-state index contributed by atoms with van der Waals surface area (Å²) in [5.74, 6) is 1.62. The third kappa shape index (κ3) is 3.94. The molecule has 9 nitrogen and oxygen atoms in total. The van der Waals surface area contributed by atoms with Crippen LogP contribution in [0.1, 0.15) is 40.9 Å². The first-order chi connectivity index (χ1) is 14.0. The number of likely N-dealkylation sites (tertiary alicyclic amines) is 1. The Bertz CT molecular complexity index is 1020. The van der Waals surface area contributed by atoms with Crippen molar-refractivity contribution in [1.29, 1.82) is 0 Å². The summed E-state index contributed by atoms with van der Waals surface area (Å²) in [7, 11) is 3.33. The van der Waals surface area contributed by atoms with Gasteiger partial charge in [-0.05, 0) is 37.1 Å². The van der Waals surface area contributed by atoms with Gasteiger partial charge in [-0.15, -0.1) is 10.2 Å². The van der Waals surface area contributed by atoms with Gasteiger partial charge in [0.2, 0.25) is 0 Å². The molecule has 1 saturated heterocycles. The van der Waals surface area contributed by atoms with Gasteiger partial charge in [-0.3, -0.25) is 9.20 Å². The van der Waals surface area contributed by atoms with Crippen LogP contribution < -0.4 is 5.32 Å². The lowest BCUT2D eigenvalue weighted by molar-refractivity contribution is 0.0794. The first-order valence-corrected chi connectivity index (χ1v) is 9.65. The Morgan fingerprint density at radius 2 is 2.10 bits per heavy atom. The molecule has 0 bridgehead atoms. The third-order valence-corrected chi connectivity index (χ3v) is 5.11. The normalized spacial score (nSPS) is 16.8. The average molecular weight is 396 g/mol. The van der Waals surface area contributed by atoms with E-state index in [0.717, 1.165) is 24.3 Å². The quantitative estimate of drug-likeness (QED) is 0.729. The molecule has 4 heterocycles. The number of nitrogens with one attached hydrogen (secondary N) is 1. The molecule has 1 aliphatic heterocycles. The SMILES string of the molecule is CN(C)C(=O)c1ccc(CNC(=O)N2CCCC(c3nnc4ccccn34)C2)o1. The Morgan fingerprint density at radius 1 is 1.24 bits per heavy atom. The molecular weight excluding hydrogens is 372 g/mol. The number of carbonyl (C=O) groups excluding carboxylic acids is 2. The van der Waals surface area contributed by atoms with Crippen molar-refractivity contribution >= 4 is 17.6 Å². The molecule has 0 aromatic carbocycles. The van der Waals surface area contributed by atoms with Gasteiger partial charge in [-0.25, -0.2) is 4.79 Å². The van der Waals surface area contributed by atoms with Crippen molar-refractivity contribution in [3.63, 3.8) is 0 Å². The van der Waals surface area contributed by atoms with Gasteiger partial charge in [0.1, 0.15) is 11.6 Å². The molecule has 9 heteroatoms. The average Bonchev–Trinajstić information content (AvgIpc) is 3.38. The number of nitrogens with zero attached hydrogens (tertiary/aromatic N) is 5. The fourth-order valence-electron chi connectivity index (χ4n) is 3.59. The van der Waals surface area contributed by atoms with Crippen LogP contribution in [0.3, 0.4) is 0 Å². The second-order valence-corrected chi connectivity index (χ2v) is 7.40. The number of carbonyl (C=O) groups is 2. The highest BCUT2D eigenvalue weighted by Gasteiger charge is 2.28. The van der Waals surface area contributed by atoms with Crippen LogP contribution in [0.2, 0.25) is 0 Å². The molecule has 3 amide bonds. The number of hydrogen-bond donors (Lipinski definition) is 1. The van der Waals surface area contributed by atoms with Crippen LogP contribution in [0.15, 0.2) is 40.9 Å². The Labute approximate surface area is 168 Å². The molecule has 0 radical (unpaired) electrons. The number of rotatable bonds is 4. The van der Waals surface area contributed by atoms with Crippen molar-refractivity contribution in [2.45, 2.75) is 25.3 Å². The van der Waals surface area contributed by atoms with Gasteiger partial charge in [0.15, 0.2) is 11.4 Å². The second-order valence-electron chi connectivity index (χ2n) is 7.40. The molecule has 3 aromatic rings. The highest BCUT2D eigenvalue weighted by atomic mass is 16.4. The van der Waals surface area contributed by atoms with E-state index >= 15 is 0 Å². The van der Waals surface area contributed by atoms with E-state index in [1.54, 1.807) is 31.1 Å². The van der Waals surface area contributed by atoms with E-state index in [1.807, 2.05) is 28.8 Å². The molecule has 1 fully saturated rings. The molecule has 1 atom stereocenters. The summed E-state index contributed by atoms with van der Waals surface area (Å²) in [4.78, 5) is 27.8. The minimum absolute atomic E-state index is 0.139. The number of urea groups is 1. The highest BCUT2D eigenvalue weighted by Crippen LogP contribution is 2.26. The largest absolute Gasteiger partial charge is 0.454 e. The van der Waals surface area contributed by atoms with Gasteiger partial charge < -0.3 is 19.5 Å². The van der Waals surface area contributed by atoms with Gasteiger partial charge in [0, 0.05) is 39.3 Å². The maximum Gasteiger partial charge on any atom is 0.317 e. The number of aromatic nitrogens is 3. The number of piperidine rings is 1. The number of furan rings is 1. The van der Waals surface area contributed by atoms with Gasteiger partial charge in [0.05, 0.1) is 6.54 Å². The van der Waals surface area contributed by atoms with Crippen molar-refractivity contribution < 1.29 is 14.0 Å². The van der Waals surface area contributed by atoms with E-state index in [9.17, 15) is 9.59 Å². The molecule has 1 unspecified atom stereocenters. The predicted octanol–water partition coefficient (Wildman–Crippen LogP) is 2.11. The van der Waals surface area contributed by atoms with E-state index in [1.165, 1.54) is 4.90 Å². The fraction of sp³-hybridized carbons (Fsp3) is 0.400. The molecule has 0 aliphatic carbocycles. The van der Waals surface area contributed by atoms with E-state index in [2.05, 4.69) is 15.5 Å². The van der Waals surface area contributed by atoms with Gasteiger partial charge >= 0.3 is 6.03 Å². The lowest BCUT2D eigenvalue weighted by Gasteiger charge is -2.31. The Balaban J connectivity index is 1.37. The second kappa shape index (κ2) is 7.94. The van der Waals surface area contributed by atoms with Crippen LogP contribution in [-0.4, -0.2) is 63.5 Å². The van der Waals surface area contributed by atoms with Crippen molar-refractivity contribution in [1.82, 2.24) is 29.7 Å². The Kier molecular flexibility index (Phi) is 5.20. The molecule has 3 aromatic heterocycles. The van der Waals surface area contributed by atoms with E-state index < -0.39 is 0 Å². The lowest BCUT2D eigenvalue weighted by atomic mass is 9.97. The number of fused-ring (bicyclic) bond motifs is 1. The van der Waals surface area contributed by atoms with Gasteiger partial charge in [-0.2, -0.15) is 0 Å². The standard InChI is InChI=1S/C20H24N6O3/c1-24(2)19(27)16-9-8-15(29-16)12-21-20(28)25-10-5-6-14(13-25)18-23-22-17-7-3-4-11-26(17)18/h3-4,7-9,11,14H,5-6,10,12-13H2,1-2H3,(H,21,28). The van der Waals surface area contributed by atoms with E-state index in [-0.39, 0.29) is 30.2 Å². The summed E-state index contributed by atoms with van der Waals surface area (Å²) >= 11 is 0. The van der Waals surface area contributed by atoms with Crippen molar-refractivity contribution in [3.8, 4) is 0 Å². The molecule has 1 aliphatic rings. The van der Waals surface area contributed by atoms with Crippen LogP contribution in [0, 0.1) is 0 Å². The summed E-state index contributed by atoms with van der Waals surface area (Å²) < 4.78 is 7.51. The van der Waals surface area contributed by atoms with Crippen LogP contribution in [0.5, 0.6) is 0 Å². The first kappa shape index (κ1) is 19.0. The summed E-state index contributed by atoms with van der Waals surface area (Å²) in [6.07, 6.45) is 3.82. The fourth-order valence-corrected chi connectivity index (χ4v) is 3.59. The zero-order valence-corrected chi connectivity index (χ0v) is 16.5. The molecule has 29 heavy (non-hydrogen) atoms. The molecule has 1 N–H and O–H groups in total. The summed E-state index contributed by atoms with van der Waals surface area (Å²) in [6, 6.07) is 8.98. The zero-order chi connectivity index (χ0) is 20.4. The van der Waals surface area contributed by atoms with Crippen LogP contribution in [0.4, 0.5) is 4.79 Å². The summed E-state index contributed by atoms with van der Waals surface area (Å²) in [6.45, 7) is 1.51. The number of pyridine rings is 1. The number of hydrogen-bond acceptors (Lipinski definition) is 5. The molecule has 0 saturated carbocycles. The lowest BCUT2D eigenvalue weighted by Crippen LogP contribution is -2.45. The summed E-state index contributed by atoms with van der Waals surface area (Å²) in [5, 5.41) is 11.4. The van der Waals surface area contributed by atoms with Crippen LogP contribution >= 0.6 is 0 Å². The Morgan fingerprint density at radius 3 is 2.93 bits per heavy atom. The van der Waals surface area contributed by atoms with E-state index in [4.69, 9.17) is 4.42 Å². The zero-order valence-electron chi connectivity index (χ0n) is 16.5. The van der Waals surface area contributed by atoms with Gasteiger partial charge in [-0.1, -0.05) is 6.07 Å². The van der Waals surface area contributed by atoms with Gasteiger partial charge in [0.25, 0.3) is 5.91 Å². The Hall–Kier alpha value is -3.36. The highest BCUT2D eigenvalue weighted by molar-refractivity contribution is 5.91. The number of amides is 3. The van der Waals surface area contributed by atoms with Crippen molar-refractivity contribution in [3.05, 3.63) is 53.9 Å². The first-order valence-electron chi connectivity index (χ1n) is 9.65. The smallest absolute Gasteiger partial charge is 0.317 e. The topological polar surface area (TPSA) is 96.0 Å². The van der Waals surface area contributed by atoms with Crippen molar-refractivity contribution in [2.75, 3.05) is 27.2 Å². The minimum atomic E-state index is -0.206. The van der Waals surface area contributed by atoms with Crippen LogP contribution in [0.25, 0.3) is 5.65 Å². The molecular formula is C20H24N6O3.